The maximum absolute atomic E-state index is 12.7. The van der Waals surface area contributed by atoms with Gasteiger partial charge >= 0.3 is 5.97 Å². The minimum Gasteiger partial charge on any atom is -0.449 e. The maximum atomic E-state index is 12.7. The van der Waals surface area contributed by atoms with Crippen LogP contribution in [-0.4, -0.2) is 39.0 Å². The van der Waals surface area contributed by atoms with E-state index in [1.807, 2.05) is 68.8 Å². The summed E-state index contributed by atoms with van der Waals surface area (Å²) in [4.78, 5) is 25.3. The van der Waals surface area contributed by atoms with Gasteiger partial charge in [0, 0.05) is 11.4 Å². The van der Waals surface area contributed by atoms with Crippen LogP contribution in [0, 0.1) is 20.8 Å². The molecule has 0 saturated carbocycles. The Balaban J connectivity index is 1.71. The van der Waals surface area contributed by atoms with Gasteiger partial charge < -0.3 is 10.1 Å². The van der Waals surface area contributed by atoms with Crippen LogP contribution in [0.5, 0.6) is 0 Å². The first-order chi connectivity index (χ1) is 14.8. The summed E-state index contributed by atoms with van der Waals surface area (Å²) < 4.78 is 7.41. The molecule has 0 aliphatic rings. The van der Waals surface area contributed by atoms with Crippen LogP contribution in [0.1, 0.15) is 40.7 Å². The lowest BCUT2D eigenvalue weighted by atomic mass is 10.1. The van der Waals surface area contributed by atoms with Crippen LogP contribution in [0.4, 0.5) is 5.69 Å². The van der Waals surface area contributed by atoms with Crippen LogP contribution >= 0.6 is 11.8 Å². The molecule has 1 atom stereocenters. The predicted molar refractivity (Wildman–Crippen MR) is 122 cm³/mol. The molecular weight excluding hydrogens is 412 g/mol. The molecule has 1 amide bonds. The smallest absolute Gasteiger partial charge is 0.338 e. The van der Waals surface area contributed by atoms with Gasteiger partial charge in [-0.2, -0.15) is 0 Å². The van der Waals surface area contributed by atoms with Gasteiger partial charge in [-0.15, -0.1) is 10.2 Å². The Kier molecular flexibility index (Phi) is 7.12. The number of nitrogens with one attached hydrogen (secondary N) is 1. The Morgan fingerprint density at radius 3 is 2.45 bits per heavy atom. The molecule has 0 spiro atoms. The number of carbonyl (C=O) groups excluding carboxylic acids is 2. The first-order valence-corrected chi connectivity index (χ1v) is 11.2. The lowest BCUT2D eigenvalue weighted by Gasteiger charge is -2.17. The summed E-state index contributed by atoms with van der Waals surface area (Å²) in [6.45, 7) is 7.56. The molecule has 8 heteroatoms. The molecule has 2 aromatic carbocycles. The summed E-state index contributed by atoms with van der Waals surface area (Å²) in [5, 5.41) is 11.9. The lowest BCUT2D eigenvalue weighted by Crippen LogP contribution is -2.32. The standard InChI is InChI=1S/C23H26N4O3S/c1-6-20(21(28)24-19-13-14(2)7-8-15(19)3)30-22(29)17-9-11-18(12-10-17)27-16(4)25-26-23(27)31-5/h7-13,20H,6H2,1-5H3,(H,24,28). The molecule has 162 valence electrons. The van der Waals surface area contributed by atoms with E-state index >= 15 is 0 Å². The van der Waals surface area contributed by atoms with E-state index < -0.39 is 12.1 Å². The molecule has 7 nitrogen and oxygen atoms in total. The summed E-state index contributed by atoms with van der Waals surface area (Å²) in [6, 6.07) is 12.8. The summed E-state index contributed by atoms with van der Waals surface area (Å²) >= 11 is 1.49. The molecule has 0 fully saturated rings. The van der Waals surface area contributed by atoms with E-state index in [1.165, 1.54) is 11.8 Å². The number of aromatic nitrogens is 3. The van der Waals surface area contributed by atoms with Crippen molar-refractivity contribution >= 4 is 29.3 Å². The van der Waals surface area contributed by atoms with Crippen LogP contribution < -0.4 is 5.32 Å². The number of anilines is 1. The normalized spacial score (nSPS) is 11.8. The zero-order valence-corrected chi connectivity index (χ0v) is 19.1. The van der Waals surface area contributed by atoms with Crippen molar-refractivity contribution in [2.24, 2.45) is 0 Å². The first-order valence-electron chi connectivity index (χ1n) is 9.99. The highest BCUT2D eigenvalue weighted by molar-refractivity contribution is 7.98. The fourth-order valence-corrected chi connectivity index (χ4v) is 3.66. The molecule has 0 aliphatic carbocycles. The largest absolute Gasteiger partial charge is 0.449 e. The Hall–Kier alpha value is -3.13. The van der Waals surface area contributed by atoms with E-state index in [4.69, 9.17) is 4.74 Å². The number of rotatable bonds is 7. The molecule has 1 heterocycles. The van der Waals surface area contributed by atoms with Crippen molar-refractivity contribution in [3.05, 3.63) is 65.0 Å². The summed E-state index contributed by atoms with van der Waals surface area (Å²) in [7, 11) is 0. The number of hydrogen-bond acceptors (Lipinski definition) is 6. The maximum Gasteiger partial charge on any atom is 0.338 e. The number of amides is 1. The van der Waals surface area contributed by atoms with Gasteiger partial charge in [-0.1, -0.05) is 30.8 Å². The van der Waals surface area contributed by atoms with Gasteiger partial charge in [0.2, 0.25) is 0 Å². The fraction of sp³-hybridized carbons (Fsp3) is 0.304. The van der Waals surface area contributed by atoms with Crippen molar-refractivity contribution in [3.8, 4) is 5.69 Å². The average Bonchev–Trinajstić information content (AvgIpc) is 3.14. The Bertz CT molecular complexity index is 1090. The second-order valence-corrected chi connectivity index (χ2v) is 8.00. The van der Waals surface area contributed by atoms with Gasteiger partial charge in [0.1, 0.15) is 5.82 Å². The number of thioether (sulfide) groups is 1. The van der Waals surface area contributed by atoms with E-state index in [1.54, 1.807) is 12.1 Å². The Morgan fingerprint density at radius 2 is 1.81 bits per heavy atom. The quantitative estimate of drug-likeness (QED) is 0.432. The van der Waals surface area contributed by atoms with E-state index in [0.29, 0.717) is 12.0 Å². The highest BCUT2D eigenvalue weighted by Gasteiger charge is 2.23. The van der Waals surface area contributed by atoms with Gasteiger partial charge in [-0.25, -0.2) is 4.79 Å². The molecule has 3 aromatic rings. The molecule has 1 unspecified atom stereocenters. The minimum atomic E-state index is -0.879. The van der Waals surface area contributed by atoms with Crippen LogP contribution in [0.15, 0.2) is 47.6 Å². The predicted octanol–water partition coefficient (Wildman–Crippen LogP) is 4.49. The number of benzene rings is 2. The van der Waals surface area contributed by atoms with Crippen molar-refractivity contribution in [1.82, 2.24) is 14.8 Å². The Morgan fingerprint density at radius 1 is 1.10 bits per heavy atom. The van der Waals surface area contributed by atoms with Gasteiger partial charge in [0.15, 0.2) is 11.3 Å². The third kappa shape index (κ3) is 5.14. The highest BCUT2D eigenvalue weighted by atomic mass is 32.2. The van der Waals surface area contributed by atoms with Crippen LogP contribution in [0.3, 0.4) is 0 Å². The first kappa shape index (κ1) is 22.6. The van der Waals surface area contributed by atoms with Crippen molar-refractivity contribution in [2.75, 3.05) is 11.6 Å². The second kappa shape index (κ2) is 9.78. The topological polar surface area (TPSA) is 86.1 Å². The van der Waals surface area contributed by atoms with Crippen molar-refractivity contribution in [1.29, 1.82) is 0 Å². The lowest BCUT2D eigenvalue weighted by molar-refractivity contribution is -0.124. The van der Waals surface area contributed by atoms with E-state index in [9.17, 15) is 9.59 Å². The molecule has 31 heavy (non-hydrogen) atoms. The van der Waals surface area contributed by atoms with Gasteiger partial charge in [0.05, 0.1) is 5.56 Å². The fourth-order valence-electron chi connectivity index (χ4n) is 3.12. The molecular formula is C23H26N4O3S. The third-order valence-corrected chi connectivity index (χ3v) is 5.53. The van der Waals surface area contributed by atoms with E-state index in [0.717, 1.165) is 33.5 Å². The van der Waals surface area contributed by atoms with Gasteiger partial charge in [-0.3, -0.25) is 9.36 Å². The number of ether oxygens (including phenoxy) is 1. The Labute approximate surface area is 186 Å². The molecule has 0 radical (unpaired) electrons. The second-order valence-electron chi connectivity index (χ2n) is 7.23. The average molecular weight is 439 g/mol. The third-order valence-electron chi connectivity index (χ3n) is 4.90. The molecule has 0 bridgehead atoms. The number of carbonyl (C=O) groups is 2. The summed E-state index contributed by atoms with van der Waals surface area (Å²) in [6.07, 6.45) is 1.42. The van der Waals surface area contributed by atoms with E-state index in [-0.39, 0.29) is 5.91 Å². The molecule has 0 aliphatic heterocycles. The highest BCUT2D eigenvalue weighted by Crippen LogP contribution is 2.21. The number of nitrogens with zero attached hydrogens (tertiary/aromatic N) is 3. The molecule has 1 aromatic heterocycles. The summed E-state index contributed by atoms with van der Waals surface area (Å²) in [5.74, 6) is -0.125. The van der Waals surface area contributed by atoms with Crippen LogP contribution in [-0.2, 0) is 9.53 Å². The van der Waals surface area contributed by atoms with E-state index in [2.05, 4.69) is 15.5 Å². The monoisotopic (exact) mass is 438 g/mol. The van der Waals surface area contributed by atoms with Crippen LogP contribution in [0.2, 0.25) is 0 Å². The van der Waals surface area contributed by atoms with Crippen LogP contribution in [0.25, 0.3) is 5.69 Å². The van der Waals surface area contributed by atoms with Crippen molar-refractivity contribution in [2.45, 2.75) is 45.4 Å². The van der Waals surface area contributed by atoms with Gasteiger partial charge in [-0.05, 0) is 74.9 Å². The molecule has 0 saturated heterocycles. The number of aryl methyl sites for hydroxylation is 3. The minimum absolute atomic E-state index is 0.342. The zero-order chi connectivity index (χ0) is 22.5. The summed E-state index contributed by atoms with van der Waals surface area (Å²) in [5.41, 5.74) is 3.93. The van der Waals surface area contributed by atoms with Crippen molar-refractivity contribution in [3.63, 3.8) is 0 Å². The number of esters is 1. The molecule has 1 N–H and O–H groups in total. The molecule has 3 rings (SSSR count). The number of hydrogen-bond donors (Lipinski definition) is 1. The van der Waals surface area contributed by atoms with Crippen molar-refractivity contribution < 1.29 is 14.3 Å². The zero-order valence-electron chi connectivity index (χ0n) is 18.3. The van der Waals surface area contributed by atoms with Gasteiger partial charge in [0.25, 0.3) is 5.91 Å². The SMILES string of the molecule is CCC(OC(=O)c1ccc(-n2c(C)nnc2SC)cc1)C(=O)Nc1cc(C)ccc1C.